The van der Waals surface area contributed by atoms with E-state index in [1.807, 2.05) is 12.1 Å². The van der Waals surface area contributed by atoms with Gasteiger partial charge in [0.1, 0.15) is 11.0 Å². The van der Waals surface area contributed by atoms with Gasteiger partial charge in [-0.15, -0.1) is 0 Å². The van der Waals surface area contributed by atoms with Gasteiger partial charge in [0, 0.05) is 0 Å². The summed E-state index contributed by atoms with van der Waals surface area (Å²) in [6.07, 6.45) is 1.61. The Morgan fingerprint density at radius 3 is 3.08 bits per heavy atom. The molecule has 0 fully saturated rings. The number of carboxylic acids is 1. The molecule has 1 atom stereocenters. The highest BCUT2D eigenvalue weighted by atomic mass is 33.1. The molecule has 1 aromatic rings. The molecule has 1 N–H and O–H groups in total. The zero-order valence-corrected chi connectivity index (χ0v) is 8.73. The molecule has 1 aromatic heterocycles. The number of hydrogen-bond donors (Lipinski definition) is 1. The van der Waals surface area contributed by atoms with E-state index in [1.54, 1.807) is 13.2 Å². The second-order valence-corrected chi connectivity index (χ2v) is 5.13. The Morgan fingerprint density at radius 1 is 1.77 bits per heavy atom. The summed E-state index contributed by atoms with van der Waals surface area (Å²) in [4.78, 5) is 10.4. The van der Waals surface area contributed by atoms with Gasteiger partial charge < -0.3 is 9.52 Å². The first-order valence-corrected chi connectivity index (χ1v) is 6.12. The van der Waals surface area contributed by atoms with E-state index in [1.165, 1.54) is 21.6 Å². The molecule has 0 bridgehead atoms. The van der Waals surface area contributed by atoms with Gasteiger partial charge in [0.05, 0.1) is 12.0 Å². The lowest BCUT2D eigenvalue weighted by atomic mass is 10.5. The molecule has 0 aliphatic heterocycles. The Morgan fingerprint density at radius 2 is 2.54 bits per heavy atom. The van der Waals surface area contributed by atoms with Crippen LogP contribution in [0.4, 0.5) is 0 Å². The number of rotatable bonds is 5. The zero-order chi connectivity index (χ0) is 9.68. The molecule has 3 nitrogen and oxygen atoms in total. The molecular weight excluding hydrogens is 208 g/mol. The maximum absolute atomic E-state index is 10.4. The lowest BCUT2D eigenvalue weighted by molar-refractivity contribution is -0.136. The Kier molecular flexibility index (Phi) is 4.24. The van der Waals surface area contributed by atoms with Crippen molar-refractivity contribution in [3.05, 3.63) is 24.2 Å². The molecule has 5 heteroatoms. The van der Waals surface area contributed by atoms with Crippen LogP contribution in [0.15, 0.2) is 22.8 Å². The van der Waals surface area contributed by atoms with E-state index in [2.05, 4.69) is 0 Å². The first-order chi connectivity index (χ1) is 6.20. The summed E-state index contributed by atoms with van der Waals surface area (Å²) >= 11 is 0. The highest BCUT2D eigenvalue weighted by Crippen LogP contribution is 2.30. The quantitative estimate of drug-likeness (QED) is 0.770. The summed E-state index contributed by atoms with van der Waals surface area (Å²) in [6, 6.07) is 3.69. The van der Waals surface area contributed by atoms with Crippen LogP contribution >= 0.6 is 21.6 Å². The largest absolute Gasteiger partial charge is 0.480 e. The number of furan rings is 1. The molecular formula is C8H10O3S2. The molecule has 13 heavy (non-hydrogen) atoms. The molecule has 0 aromatic carbocycles. The van der Waals surface area contributed by atoms with E-state index in [4.69, 9.17) is 9.52 Å². The van der Waals surface area contributed by atoms with Gasteiger partial charge >= 0.3 is 5.97 Å². The summed E-state index contributed by atoms with van der Waals surface area (Å²) in [5.41, 5.74) is 0. The summed E-state index contributed by atoms with van der Waals surface area (Å²) in [5.74, 6) is 0.794. The molecule has 72 valence electrons. The number of aliphatic carboxylic acids is 1. The summed E-state index contributed by atoms with van der Waals surface area (Å²) in [6.45, 7) is 1.67. The average Bonchev–Trinajstić information content (AvgIpc) is 2.56. The van der Waals surface area contributed by atoms with Crippen LogP contribution in [0, 0.1) is 0 Å². The molecule has 0 saturated heterocycles. The molecule has 0 amide bonds. The van der Waals surface area contributed by atoms with E-state index >= 15 is 0 Å². The van der Waals surface area contributed by atoms with Crippen LogP contribution in [0.3, 0.4) is 0 Å². The van der Waals surface area contributed by atoms with E-state index < -0.39 is 5.97 Å². The van der Waals surface area contributed by atoms with Crippen LogP contribution in [0.2, 0.25) is 0 Å². The minimum Gasteiger partial charge on any atom is -0.480 e. The minimum atomic E-state index is -0.781. The van der Waals surface area contributed by atoms with Crippen LogP contribution < -0.4 is 0 Å². The topological polar surface area (TPSA) is 50.4 Å². The fourth-order valence-corrected chi connectivity index (χ4v) is 2.68. The molecule has 0 aliphatic rings. The van der Waals surface area contributed by atoms with Crippen LogP contribution in [-0.2, 0) is 10.5 Å². The average molecular weight is 218 g/mol. The second-order valence-electron chi connectivity index (χ2n) is 2.42. The van der Waals surface area contributed by atoms with Crippen molar-refractivity contribution in [3.8, 4) is 0 Å². The van der Waals surface area contributed by atoms with Gasteiger partial charge in [0.25, 0.3) is 0 Å². The lowest BCUT2D eigenvalue weighted by Gasteiger charge is -2.02. The van der Waals surface area contributed by atoms with Crippen molar-refractivity contribution in [1.29, 1.82) is 0 Å². The van der Waals surface area contributed by atoms with Crippen molar-refractivity contribution in [1.82, 2.24) is 0 Å². The Labute approximate surface area is 84.3 Å². The number of carbonyl (C=O) groups is 1. The van der Waals surface area contributed by atoms with Crippen molar-refractivity contribution >= 4 is 27.6 Å². The van der Waals surface area contributed by atoms with Gasteiger partial charge in [-0.05, 0) is 19.1 Å². The first kappa shape index (κ1) is 10.5. The van der Waals surface area contributed by atoms with Gasteiger partial charge in [-0.1, -0.05) is 21.6 Å². The standard InChI is InChI=1S/C8H10O3S2/c1-6(8(9)10)13-12-5-7-3-2-4-11-7/h2-4,6H,5H2,1H3,(H,9,10). The third-order valence-corrected chi connectivity index (χ3v) is 4.00. The predicted octanol–water partition coefficient (Wildman–Crippen LogP) is 2.63. The highest BCUT2D eigenvalue weighted by Gasteiger charge is 2.11. The first-order valence-electron chi connectivity index (χ1n) is 3.73. The van der Waals surface area contributed by atoms with Gasteiger partial charge in [-0.3, -0.25) is 4.79 Å². The monoisotopic (exact) mass is 218 g/mol. The van der Waals surface area contributed by atoms with Gasteiger partial charge in [-0.25, -0.2) is 0 Å². The van der Waals surface area contributed by atoms with Crippen LogP contribution in [-0.4, -0.2) is 16.3 Å². The molecule has 0 spiro atoms. The molecule has 0 aliphatic carbocycles. The molecule has 0 radical (unpaired) electrons. The Hall–Kier alpha value is -0.550. The number of carboxylic acid groups (broad SMARTS) is 1. The summed E-state index contributed by atoms with van der Waals surface area (Å²) in [7, 11) is 2.83. The fourth-order valence-electron chi connectivity index (χ4n) is 0.630. The van der Waals surface area contributed by atoms with Crippen LogP contribution in [0.5, 0.6) is 0 Å². The smallest absolute Gasteiger partial charge is 0.317 e. The maximum atomic E-state index is 10.4. The van der Waals surface area contributed by atoms with Gasteiger partial charge in [0.15, 0.2) is 0 Å². The van der Waals surface area contributed by atoms with Crippen molar-refractivity contribution in [2.75, 3.05) is 0 Å². The Bertz CT molecular complexity index is 258. The second kappa shape index (κ2) is 5.24. The summed E-state index contributed by atoms with van der Waals surface area (Å²) in [5, 5.41) is 8.21. The fraction of sp³-hybridized carbons (Fsp3) is 0.375. The van der Waals surface area contributed by atoms with Crippen LogP contribution in [0.25, 0.3) is 0 Å². The van der Waals surface area contributed by atoms with E-state index in [9.17, 15) is 4.79 Å². The van der Waals surface area contributed by atoms with E-state index in [0.29, 0.717) is 5.75 Å². The third kappa shape index (κ3) is 3.78. The molecule has 1 heterocycles. The lowest BCUT2D eigenvalue weighted by Crippen LogP contribution is -2.09. The SMILES string of the molecule is CC(SSCc1ccco1)C(=O)O. The third-order valence-electron chi connectivity index (χ3n) is 1.34. The van der Waals surface area contributed by atoms with Crippen LogP contribution in [0.1, 0.15) is 12.7 Å². The minimum absolute atomic E-state index is 0.375. The van der Waals surface area contributed by atoms with Crippen molar-refractivity contribution in [2.45, 2.75) is 17.9 Å². The van der Waals surface area contributed by atoms with Gasteiger partial charge in [0.2, 0.25) is 0 Å². The normalized spacial score (nSPS) is 12.7. The van der Waals surface area contributed by atoms with E-state index in [-0.39, 0.29) is 5.25 Å². The highest BCUT2D eigenvalue weighted by molar-refractivity contribution is 8.76. The number of hydrogen-bond acceptors (Lipinski definition) is 4. The predicted molar refractivity (Wildman–Crippen MR) is 54.7 cm³/mol. The summed E-state index contributed by atoms with van der Waals surface area (Å²) < 4.78 is 5.09. The van der Waals surface area contributed by atoms with Crippen molar-refractivity contribution < 1.29 is 14.3 Å². The molecule has 1 rings (SSSR count). The van der Waals surface area contributed by atoms with Crippen molar-refractivity contribution in [2.24, 2.45) is 0 Å². The van der Waals surface area contributed by atoms with E-state index in [0.717, 1.165) is 5.76 Å². The zero-order valence-electron chi connectivity index (χ0n) is 7.10. The van der Waals surface area contributed by atoms with Crippen molar-refractivity contribution in [3.63, 3.8) is 0 Å². The molecule has 0 saturated carbocycles. The van der Waals surface area contributed by atoms with Gasteiger partial charge in [-0.2, -0.15) is 0 Å². The Balaban J connectivity index is 2.18. The maximum Gasteiger partial charge on any atom is 0.317 e. The molecule has 1 unspecified atom stereocenters.